The van der Waals surface area contributed by atoms with Crippen LogP contribution in [0.4, 0.5) is 0 Å². The minimum atomic E-state index is 0.570. The lowest BCUT2D eigenvalue weighted by Gasteiger charge is -2.43. The summed E-state index contributed by atoms with van der Waals surface area (Å²) in [4.78, 5) is 2.72. The van der Waals surface area contributed by atoms with Crippen LogP contribution in [0.15, 0.2) is 0 Å². The Labute approximate surface area is 120 Å². The molecule has 2 saturated carbocycles. The summed E-state index contributed by atoms with van der Waals surface area (Å²) >= 11 is 0. The Morgan fingerprint density at radius 2 is 1.84 bits per heavy atom. The van der Waals surface area contributed by atoms with Gasteiger partial charge in [-0.1, -0.05) is 26.2 Å². The summed E-state index contributed by atoms with van der Waals surface area (Å²) in [6.45, 7) is 10.9. The molecule has 2 rings (SSSR count). The Kier molecular flexibility index (Phi) is 5.70. The van der Waals surface area contributed by atoms with Crippen LogP contribution in [-0.4, -0.2) is 36.6 Å². The van der Waals surface area contributed by atoms with Gasteiger partial charge >= 0.3 is 0 Å². The Bertz CT molecular complexity index is 252. The molecule has 0 amide bonds. The molecule has 1 N–H and O–H groups in total. The molecular weight excluding hydrogens is 232 g/mol. The molecular formula is C17H34N2. The van der Waals surface area contributed by atoms with Gasteiger partial charge in [-0.2, -0.15) is 0 Å². The smallest absolute Gasteiger partial charge is 0.00684 e. The SMILES string of the molecule is CCCN(CC1(CNC2CC2)CCCCC1)C(C)C. The Hall–Kier alpha value is -0.0800. The monoisotopic (exact) mass is 266 g/mol. The molecule has 0 heterocycles. The first-order valence-electron chi connectivity index (χ1n) is 8.63. The molecule has 112 valence electrons. The molecule has 2 fully saturated rings. The molecule has 0 atom stereocenters. The number of hydrogen-bond donors (Lipinski definition) is 1. The van der Waals surface area contributed by atoms with Crippen LogP contribution in [0.3, 0.4) is 0 Å². The summed E-state index contributed by atoms with van der Waals surface area (Å²) in [5.74, 6) is 0. The van der Waals surface area contributed by atoms with Crippen molar-refractivity contribution in [1.29, 1.82) is 0 Å². The fraction of sp³-hybridized carbons (Fsp3) is 1.00. The predicted molar refractivity (Wildman–Crippen MR) is 83.5 cm³/mol. The van der Waals surface area contributed by atoms with E-state index < -0.39 is 0 Å². The molecule has 0 bridgehead atoms. The predicted octanol–water partition coefficient (Wildman–Crippen LogP) is 3.81. The van der Waals surface area contributed by atoms with E-state index in [-0.39, 0.29) is 0 Å². The first-order valence-corrected chi connectivity index (χ1v) is 8.63. The van der Waals surface area contributed by atoms with Crippen molar-refractivity contribution in [3.05, 3.63) is 0 Å². The summed E-state index contributed by atoms with van der Waals surface area (Å²) in [5, 5.41) is 3.83. The van der Waals surface area contributed by atoms with Crippen molar-refractivity contribution in [2.75, 3.05) is 19.6 Å². The second-order valence-corrected chi connectivity index (χ2v) is 7.28. The normalized spacial score (nSPS) is 23.2. The Balaban J connectivity index is 1.93. The van der Waals surface area contributed by atoms with Crippen LogP contribution in [0.1, 0.15) is 72.1 Å². The van der Waals surface area contributed by atoms with E-state index in [1.165, 1.54) is 71.0 Å². The van der Waals surface area contributed by atoms with Crippen molar-refractivity contribution in [3.8, 4) is 0 Å². The van der Waals surface area contributed by atoms with Gasteiger partial charge in [-0.25, -0.2) is 0 Å². The van der Waals surface area contributed by atoms with Crippen LogP contribution in [0.25, 0.3) is 0 Å². The van der Waals surface area contributed by atoms with Crippen LogP contribution in [0, 0.1) is 5.41 Å². The van der Waals surface area contributed by atoms with Crippen molar-refractivity contribution in [2.45, 2.75) is 84.2 Å². The van der Waals surface area contributed by atoms with E-state index in [1.54, 1.807) is 0 Å². The number of nitrogens with one attached hydrogen (secondary N) is 1. The van der Waals surface area contributed by atoms with Gasteiger partial charge in [0, 0.05) is 25.2 Å². The van der Waals surface area contributed by atoms with Gasteiger partial charge in [-0.3, -0.25) is 0 Å². The van der Waals surface area contributed by atoms with Gasteiger partial charge in [0.05, 0.1) is 0 Å². The van der Waals surface area contributed by atoms with Crippen LogP contribution in [-0.2, 0) is 0 Å². The largest absolute Gasteiger partial charge is 0.313 e. The fourth-order valence-electron chi connectivity index (χ4n) is 3.58. The van der Waals surface area contributed by atoms with E-state index in [2.05, 4.69) is 31.0 Å². The van der Waals surface area contributed by atoms with E-state index in [0.717, 1.165) is 6.04 Å². The summed E-state index contributed by atoms with van der Waals surface area (Å²) < 4.78 is 0. The van der Waals surface area contributed by atoms with Gasteiger partial charge in [0.1, 0.15) is 0 Å². The molecule has 0 aromatic rings. The quantitative estimate of drug-likeness (QED) is 0.718. The molecule has 2 heteroatoms. The third-order valence-corrected chi connectivity index (χ3v) is 5.04. The van der Waals surface area contributed by atoms with E-state index >= 15 is 0 Å². The third kappa shape index (κ3) is 4.75. The maximum absolute atomic E-state index is 3.83. The molecule has 0 spiro atoms. The lowest BCUT2D eigenvalue weighted by Crippen LogP contribution is -2.48. The lowest BCUT2D eigenvalue weighted by molar-refractivity contribution is 0.0830. The Morgan fingerprint density at radius 3 is 2.37 bits per heavy atom. The molecule has 2 aliphatic carbocycles. The molecule has 0 unspecified atom stereocenters. The van der Waals surface area contributed by atoms with Gasteiger partial charge in [-0.05, 0) is 57.9 Å². The summed E-state index contributed by atoms with van der Waals surface area (Å²) in [6, 6.07) is 1.55. The van der Waals surface area contributed by atoms with Gasteiger partial charge in [0.25, 0.3) is 0 Å². The highest BCUT2D eigenvalue weighted by atomic mass is 15.2. The van der Waals surface area contributed by atoms with E-state index in [0.29, 0.717) is 11.5 Å². The van der Waals surface area contributed by atoms with Gasteiger partial charge in [0.2, 0.25) is 0 Å². The Morgan fingerprint density at radius 1 is 1.16 bits per heavy atom. The molecule has 2 aliphatic rings. The number of hydrogen-bond acceptors (Lipinski definition) is 2. The summed E-state index contributed by atoms with van der Waals surface area (Å²) in [6.07, 6.45) is 11.4. The minimum Gasteiger partial charge on any atom is -0.313 e. The zero-order valence-electron chi connectivity index (χ0n) is 13.4. The molecule has 0 aromatic heterocycles. The summed E-state index contributed by atoms with van der Waals surface area (Å²) in [7, 11) is 0. The van der Waals surface area contributed by atoms with Crippen molar-refractivity contribution in [3.63, 3.8) is 0 Å². The highest BCUT2D eigenvalue weighted by molar-refractivity contribution is 4.92. The van der Waals surface area contributed by atoms with Gasteiger partial charge < -0.3 is 10.2 Å². The molecule has 19 heavy (non-hydrogen) atoms. The summed E-state index contributed by atoms with van der Waals surface area (Å²) in [5.41, 5.74) is 0.570. The van der Waals surface area contributed by atoms with Crippen LogP contribution in [0.2, 0.25) is 0 Å². The van der Waals surface area contributed by atoms with Crippen molar-refractivity contribution >= 4 is 0 Å². The van der Waals surface area contributed by atoms with E-state index in [4.69, 9.17) is 0 Å². The average molecular weight is 266 g/mol. The van der Waals surface area contributed by atoms with Gasteiger partial charge in [0.15, 0.2) is 0 Å². The standard InChI is InChI=1S/C17H34N2/c1-4-12-19(15(2)3)14-17(10-6-5-7-11-17)13-18-16-8-9-16/h15-16,18H,4-14H2,1-3H3. The topological polar surface area (TPSA) is 15.3 Å². The van der Waals surface area contributed by atoms with Gasteiger partial charge in [-0.15, -0.1) is 0 Å². The second kappa shape index (κ2) is 7.08. The van der Waals surface area contributed by atoms with E-state index in [9.17, 15) is 0 Å². The third-order valence-electron chi connectivity index (χ3n) is 5.04. The minimum absolute atomic E-state index is 0.570. The van der Waals surface area contributed by atoms with Crippen LogP contribution in [0.5, 0.6) is 0 Å². The molecule has 0 radical (unpaired) electrons. The number of rotatable bonds is 8. The maximum Gasteiger partial charge on any atom is 0.00684 e. The second-order valence-electron chi connectivity index (χ2n) is 7.28. The highest BCUT2D eigenvalue weighted by Crippen LogP contribution is 2.37. The highest BCUT2D eigenvalue weighted by Gasteiger charge is 2.35. The van der Waals surface area contributed by atoms with Crippen molar-refractivity contribution in [1.82, 2.24) is 10.2 Å². The first-order chi connectivity index (χ1) is 9.15. The van der Waals surface area contributed by atoms with Crippen LogP contribution < -0.4 is 5.32 Å². The fourth-order valence-corrected chi connectivity index (χ4v) is 3.58. The zero-order chi connectivity index (χ0) is 13.7. The average Bonchev–Trinajstić information content (AvgIpc) is 3.21. The molecule has 0 aliphatic heterocycles. The van der Waals surface area contributed by atoms with Crippen LogP contribution >= 0.6 is 0 Å². The first kappa shape index (κ1) is 15.3. The molecule has 0 saturated heterocycles. The molecule has 0 aromatic carbocycles. The maximum atomic E-state index is 3.83. The van der Waals surface area contributed by atoms with E-state index in [1.807, 2.05) is 0 Å². The van der Waals surface area contributed by atoms with Crippen molar-refractivity contribution in [2.24, 2.45) is 5.41 Å². The zero-order valence-corrected chi connectivity index (χ0v) is 13.4. The lowest BCUT2D eigenvalue weighted by atomic mass is 9.73. The molecule has 2 nitrogen and oxygen atoms in total. The van der Waals surface area contributed by atoms with Crippen molar-refractivity contribution < 1.29 is 0 Å². The number of nitrogens with zero attached hydrogens (tertiary/aromatic N) is 1.